The van der Waals surface area contributed by atoms with Gasteiger partial charge in [0, 0.05) is 36.8 Å². The monoisotopic (exact) mass is 553 g/mol. The van der Waals surface area contributed by atoms with Crippen LogP contribution < -0.4 is 24.7 Å². The number of ether oxygens (including phenoxy) is 4. The van der Waals surface area contributed by atoms with E-state index in [9.17, 15) is 0 Å². The summed E-state index contributed by atoms with van der Waals surface area (Å²) in [6.45, 7) is 8.21. The molecule has 2 fully saturated rings. The molecule has 0 amide bonds. The Hall–Kier alpha value is -3.67. The van der Waals surface area contributed by atoms with Crippen molar-refractivity contribution < 1.29 is 18.9 Å². The van der Waals surface area contributed by atoms with Crippen molar-refractivity contribution >= 4 is 35.7 Å². The summed E-state index contributed by atoms with van der Waals surface area (Å²) in [4.78, 5) is 18.1. The van der Waals surface area contributed by atoms with Gasteiger partial charge in [-0.3, -0.25) is 0 Å². The van der Waals surface area contributed by atoms with Crippen molar-refractivity contribution in [2.75, 3.05) is 74.4 Å². The lowest BCUT2D eigenvalue weighted by Gasteiger charge is -2.30. The first-order chi connectivity index (χ1) is 19.2. The van der Waals surface area contributed by atoms with Gasteiger partial charge in [-0.2, -0.15) is 20.1 Å². The molecule has 5 rings (SSSR count). The molecule has 2 aliphatic heterocycles. The highest BCUT2D eigenvalue weighted by atomic mass is 35.5. The lowest BCUT2D eigenvalue weighted by Crippen LogP contribution is -2.40. The minimum Gasteiger partial charge on any atom is -0.490 e. The van der Waals surface area contributed by atoms with Gasteiger partial charge < -0.3 is 28.7 Å². The number of hydrazone groups is 1. The molecule has 2 aromatic carbocycles. The average Bonchev–Trinajstić information content (AvgIpc) is 2.98. The van der Waals surface area contributed by atoms with Crippen LogP contribution >= 0.6 is 11.6 Å². The number of benzene rings is 2. The predicted molar refractivity (Wildman–Crippen MR) is 151 cm³/mol. The van der Waals surface area contributed by atoms with Gasteiger partial charge in [-0.1, -0.05) is 29.8 Å². The molecule has 0 aliphatic carbocycles. The molecule has 0 spiro atoms. The second kappa shape index (κ2) is 13.4. The third-order valence-electron chi connectivity index (χ3n) is 6.19. The Labute approximate surface area is 232 Å². The highest BCUT2D eigenvalue weighted by Gasteiger charge is 2.20. The van der Waals surface area contributed by atoms with Gasteiger partial charge in [0.25, 0.3) is 0 Å². The minimum absolute atomic E-state index is 0.338. The quantitative estimate of drug-likeness (QED) is 0.295. The van der Waals surface area contributed by atoms with Crippen LogP contribution in [0.1, 0.15) is 18.1 Å². The van der Waals surface area contributed by atoms with E-state index in [1.165, 1.54) is 0 Å². The van der Waals surface area contributed by atoms with Crippen molar-refractivity contribution in [3.05, 3.63) is 58.6 Å². The van der Waals surface area contributed by atoms with Gasteiger partial charge in [-0.15, -0.1) is 0 Å². The highest BCUT2D eigenvalue weighted by molar-refractivity contribution is 6.31. The summed E-state index contributed by atoms with van der Waals surface area (Å²) in [5, 5.41) is 5.06. The van der Waals surface area contributed by atoms with Gasteiger partial charge in [-0.05, 0) is 36.8 Å². The fourth-order valence-electron chi connectivity index (χ4n) is 4.14. The molecule has 0 bridgehead atoms. The van der Waals surface area contributed by atoms with Crippen LogP contribution in [-0.2, 0) is 16.1 Å². The third-order valence-corrected chi connectivity index (χ3v) is 6.56. The summed E-state index contributed by atoms with van der Waals surface area (Å²) in [6.07, 6.45) is 1.69. The summed E-state index contributed by atoms with van der Waals surface area (Å²) < 4.78 is 22.8. The molecule has 0 unspecified atom stereocenters. The average molecular weight is 554 g/mol. The van der Waals surface area contributed by atoms with Gasteiger partial charge in [0.15, 0.2) is 11.5 Å². The Kier molecular flexibility index (Phi) is 9.26. The van der Waals surface area contributed by atoms with E-state index in [0.717, 1.165) is 37.3 Å². The van der Waals surface area contributed by atoms with E-state index in [-0.39, 0.29) is 0 Å². The fraction of sp³-hybridized carbons (Fsp3) is 0.407. The maximum absolute atomic E-state index is 6.27. The number of hydrogen-bond donors (Lipinski definition) is 1. The maximum Gasteiger partial charge on any atom is 0.250 e. The molecule has 1 N–H and O–H groups in total. The van der Waals surface area contributed by atoms with Crippen LogP contribution in [0.25, 0.3) is 0 Å². The summed E-state index contributed by atoms with van der Waals surface area (Å²) in [5.41, 5.74) is 4.71. The zero-order valence-corrected chi connectivity index (χ0v) is 22.6. The minimum atomic E-state index is 0.338. The number of morpholine rings is 2. The predicted octanol–water partition coefficient (Wildman–Crippen LogP) is 3.62. The molecule has 0 atom stereocenters. The Bertz CT molecular complexity index is 1230. The highest BCUT2D eigenvalue weighted by Crippen LogP contribution is 2.30. The largest absolute Gasteiger partial charge is 0.490 e. The van der Waals surface area contributed by atoms with E-state index < -0.39 is 0 Å². The first-order valence-electron chi connectivity index (χ1n) is 13.0. The van der Waals surface area contributed by atoms with Crippen LogP contribution in [0, 0.1) is 0 Å². The summed E-state index contributed by atoms with van der Waals surface area (Å²) in [6, 6.07) is 13.2. The van der Waals surface area contributed by atoms with Crippen molar-refractivity contribution in [2.24, 2.45) is 5.10 Å². The number of halogens is 1. The molecule has 0 radical (unpaired) electrons. The lowest BCUT2D eigenvalue weighted by molar-refractivity contribution is 0.121. The Morgan fingerprint density at radius 1 is 0.897 bits per heavy atom. The first kappa shape index (κ1) is 26.9. The zero-order valence-electron chi connectivity index (χ0n) is 21.9. The van der Waals surface area contributed by atoms with E-state index in [4.69, 9.17) is 35.5 Å². The molecule has 206 valence electrons. The molecular formula is C27H32ClN7O4. The van der Waals surface area contributed by atoms with Crippen LogP contribution in [0.3, 0.4) is 0 Å². The number of rotatable bonds is 10. The van der Waals surface area contributed by atoms with E-state index in [1.54, 1.807) is 6.21 Å². The molecule has 3 aromatic rings. The SMILES string of the molecule is CCOc1cc(/C=N/Nc2nc(N3CCOCC3)nc(N3CCOCC3)n2)ccc1OCc1ccccc1Cl. The summed E-state index contributed by atoms with van der Waals surface area (Å²) in [5.74, 6) is 2.83. The Balaban J connectivity index is 1.30. The molecule has 2 saturated heterocycles. The van der Waals surface area contributed by atoms with Crippen LogP contribution in [0.5, 0.6) is 11.5 Å². The number of nitrogens with zero attached hydrogens (tertiary/aromatic N) is 6. The van der Waals surface area contributed by atoms with E-state index >= 15 is 0 Å². The van der Waals surface area contributed by atoms with Crippen LogP contribution in [-0.4, -0.2) is 80.4 Å². The van der Waals surface area contributed by atoms with Gasteiger partial charge in [-0.25, -0.2) is 5.43 Å². The molecular weight excluding hydrogens is 522 g/mol. The smallest absolute Gasteiger partial charge is 0.250 e. The van der Waals surface area contributed by atoms with Crippen molar-refractivity contribution in [1.82, 2.24) is 15.0 Å². The second-order valence-electron chi connectivity index (χ2n) is 8.85. The molecule has 1 aromatic heterocycles. The number of anilines is 3. The Morgan fingerprint density at radius 3 is 2.21 bits per heavy atom. The van der Waals surface area contributed by atoms with Gasteiger partial charge >= 0.3 is 0 Å². The summed E-state index contributed by atoms with van der Waals surface area (Å²) in [7, 11) is 0. The molecule has 2 aliphatic rings. The molecule has 11 nitrogen and oxygen atoms in total. The maximum atomic E-state index is 6.27. The van der Waals surface area contributed by atoms with Crippen molar-refractivity contribution in [1.29, 1.82) is 0 Å². The lowest BCUT2D eigenvalue weighted by atomic mass is 10.2. The van der Waals surface area contributed by atoms with Gasteiger partial charge in [0.05, 0.1) is 39.2 Å². The molecule has 12 heteroatoms. The first-order valence-corrected chi connectivity index (χ1v) is 13.4. The van der Waals surface area contributed by atoms with E-state index in [1.807, 2.05) is 49.4 Å². The number of aromatic nitrogens is 3. The zero-order chi connectivity index (χ0) is 26.9. The third kappa shape index (κ3) is 7.25. The van der Waals surface area contributed by atoms with Crippen molar-refractivity contribution in [3.8, 4) is 11.5 Å². The standard InChI is InChI=1S/C27H32ClN7O4/c1-2-38-24-17-20(7-8-23(24)39-19-21-5-3-4-6-22(21)28)18-29-33-25-30-26(34-9-13-36-14-10-34)32-27(31-25)35-11-15-37-16-12-35/h3-8,17-18H,2,9-16,19H2,1H3,(H,30,31,32,33)/b29-18+. The van der Waals surface area contributed by atoms with Crippen LogP contribution in [0.4, 0.5) is 17.8 Å². The van der Waals surface area contributed by atoms with Crippen LogP contribution in [0.15, 0.2) is 47.6 Å². The Morgan fingerprint density at radius 2 is 1.56 bits per heavy atom. The molecule has 3 heterocycles. The van der Waals surface area contributed by atoms with E-state index in [2.05, 4.69) is 30.3 Å². The molecule has 39 heavy (non-hydrogen) atoms. The normalized spacial score (nSPS) is 15.9. The van der Waals surface area contributed by atoms with E-state index in [0.29, 0.717) is 74.0 Å². The number of nitrogens with one attached hydrogen (secondary N) is 1. The van der Waals surface area contributed by atoms with Crippen molar-refractivity contribution in [2.45, 2.75) is 13.5 Å². The number of hydrogen-bond acceptors (Lipinski definition) is 11. The second-order valence-corrected chi connectivity index (χ2v) is 9.25. The van der Waals surface area contributed by atoms with Gasteiger partial charge in [0.2, 0.25) is 17.8 Å². The topological polar surface area (TPSA) is 106 Å². The summed E-state index contributed by atoms with van der Waals surface area (Å²) >= 11 is 6.27. The molecule has 0 saturated carbocycles. The fourth-order valence-corrected chi connectivity index (χ4v) is 4.33. The van der Waals surface area contributed by atoms with Gasteiger partial charge in [0.1, 0.15) is 6.61 Å². The van der Waals surface area contributed by atoms with Crippen molar-refractivity contribution in [3.63, 3.8) is 0 Å². The van der Waals surface area contributed by atoms with Crippen LogP contribution in [0.2, 0.25) is 5.02 Å².